The van der Waals surface area contributed by atoms with Gasteiger partial charge in [-0.3, -0.25) is 0 Å². The standard InChI is InChI=1S/C22H33NO2Si3/c1-8-26(2,3)24-28(6,7)25-27(4,5)18-20-11-15-22(16-12-20)21-13-9-19(17-23)10-14-21/h9-16H,8,18H2,1-7H3. The minimum atomic E-state index is -2.12. The average molecular weight is 428 g/mol. The van der Waals surface area contributed by atoms with E-state index >= 15 is 0 Å². The van der Waals surface area contributed by atoms with E-state index in [4.69, 9.17) is 13.5 Å². The molecule has 0 heterocycles. The summed E-state index contributed by atoms with van der Waals surface area (Å²) < 4.78 is 13.2. The Morgan fingerprint density at radius 3 is 1.68 bits per heavy atom. The molecule has 0 saturated carbocycles. The van der Waals surface area contributed by atoms with Gasteiger partial charge in [0, 0.05) is 0 Å². The second-order valence-electron chi connectivity index (χ2n) is 9.04. The van der Waals surface area contributed by atoms with Crippen LogP contribution in [0, 0.1) is 11.3 Å². The number of nitriles is 1. The van der Waals surface area contributed by atoms with E-state index in [-0.39, 0.29) is 0 Å². The van der Waals surface area contributed by atoms with Crippen LogP contribution in [0.15, 0.2) is 48.5 Å². The van der Waals surface area contributed by atoms with Gasteiger partial charge in [-0.1, -0.05) is 43.3 Å². The van der Waals surface area contributed by atoms with Gasteiger partial charge in [-0.15, -0.1) is 0 Å². The zero-order valence-electron chi connectivity index (χ0n) is 18.3. The summed E-state index contributed by atoms with van der Waals surface area (Å²) >= 11 is 0. The molecule has 0 fully saturated rings. The van der Waals surface area contributed by atoms with Gasteiger partial charge in [0.05, 0.1) is 11.6 Å². The Hall–Kier alpha value is -1.50. The lowest BCUT2D eigenvalue weighted by Crippen LogP contribution is -2.53. The third-order valence-electron chi connectivity index (χ3n) is 4.83. The SMILES string of the molecule is CC[Si](C)(C)O[Si](C)(C)O[Si](C)(C)Cc1ccc(-c2ccc(C#N)cc2)cc1. The molecule has 0 aliphatic carbocycles. The van der Waals surface area contributed by atoms with Crippen molar-refractivity contribution in [3.63, 3.8) is 0 Å². The van der Waals surface area contributed by atoms with Gasteiger partial charge in [0.15, 0.2) is 16.6 Å². The van der Waals surface area contributed by atoms with E-state index in [2.05, 4.69) is 76.5 Å². The quantitative estimate of drug-likeness (QED) is 0.453. The highest BCUT2D eigenvalue weighted by Gasteiger charge is 2.38. The fourth-order valence-electron chi connectivity index (χ4n) is 3.50. The second kappa shape index (κ2) is 8.89. The first kappa shape index (κ1) is 22.8. The molecule has 0 unspecified atom stereocenters. The average Bonchev–Trinajstić information content (AvgIpc) is 2.60. The predicted octanol–water partition coefficient (Wildman–Crippen LogP) is 6.47. The van der Waals surface area contributed by atoms with E-state index in [1.165, 1.54) is 11.1 Å². The zero-order chi connectivity index (χ0) is 21.0. The summed E-state index contributed by atoms with van der Waals surface area (Å²) in [6.45, 7) is 15.7. The number of benzene rings is 2. The lowest BCUT2D eigenvalue weighted by molar-refractivity contribution is 0.389. The summed E-state index contributed by atoms with van der Waals surface area (Å²) in [7, 11) is -5.62. The molecule has 0 spiro atoms. The van der Waals surface area contributed by atoms with Gasteiger partial charge in [0.1, 0.15) is 0 Å². The van der Waals surface area contributed by atoms with Crippen molar-refractivity contribution in [3.05, 3.63) is 59.7 Å². The van der Waals surface area contributed by atoms with Crippen LogP contribution in [0.4, 0.5) is 0 Å². The highest BCUT2D eigenvalue weighted by molar-refractivity contribution is 6.87. The van der Waals surface area contributed by atoms with E-state index in [0.29, 0.717) is 5.56 Å². The Kier molecular flexibility index (Phi) is 7.23. The molecule has 0 aromatic heterocycles. The molecular weight excluding hydrogens is 395 g/mol. The van der Waals surface area contributed by atoms with Gasteiger partial charge in [0.2, 0.25) is 0 Å². The first-order chi connectivity index (χ1) is 13.0. The first-order valence-corrected chi connectivity index (χ1v) is 19.0. The topological polar surface area (TPSA) is 42.2 Å². The normalized spacial score (nSPS) is 12.6. The van der Waals surface area contributed by atoms with Crippen LogP contribution in [-0.4, -0.2) is 25.2 Å². The molecule has 2 rings (SSSR count). The van der Waals surface area contributed by atoms with Crippen LogP contribution in [0.2, 0.25) is 45.3 Å². The van der Waals surface area contributed by atoms with Crippen LogP contribution >= 0.6 is 0 Å². The molecule has 6 heteroatoms. The van der Waals surface area contributed by atoms with Crippen molar-refractivity contribution in [2.75, 3.05) is 0 Å². The van der Waals surface area contributed by atoms with E-state index in [1.54, 1.807) is 0 Å². The van der Waals surface area contributed by atoms with Crippen molar-refractivity contribution in [2.24, 2.45) is 0 Å². The van der Waals surface area contributed by atoms with Crippen molar-refractivity contribution >= 4 is 25.2 Å². The maximum atomic E-state index is 8.94. The number of hydrogen-bond donors (Lipinski definition) is 0. The molecule has 2 aromatic carbocycles. The minimum absolute atomic E-state index is 0.689. The molecule has 28 heavy (non-hydrogen) atoms. The molecule has 0 atom stereocenters. The number of rotatable bonds is 8. The van der Waals surface area contributed by atoms with Gasteiger partial charge in [-0.2, -0.15) is 5.26 Å². The highest BCUT2D eigenvalue weighted by atomic mass is 28.5. The molecular formula is C22H33NO2Si3. The van der Waals surface area contributed by atoms with E-state index < -0.39 is 25.2 Å². The molecule has 0 bridgehead atoms. The fourth-order valence-corrected chi connectivity index (χ4v) is 16.8. The minimum Gasteiger partial charge on any atom is -0.437 e. The summed E-state index contributed by atoms with van der Waals surface area (Å²) in [5.74, 6) is 0. The van der Waals surface area contributed by atoms with Crippen molar-refractivity contribution in [3.8, 4) is 17.2 Å². The molecule has 0 amide bonds. The summed E-state index contributed by atoms with van der Waals surface area (Å²) in [6, 6.07) is 20.7. The van der Waals surface area contributed by atoms with Crippen molar-refractivity contribution in [1.82, 2.24) is 0 Å². The van der Waals surface area contributed by atoms with Gasteiger partial charge in [-0.25, -0.2) is 0 Å². The van der Waals surface area contributed by atoms with Gasteiger partial charge in [0.25, 0.3) is 0 Å². The first-order valence-electron chi connectivity index (χ1n) is 9.95. The summed E-state index contributed by atoms with van der Waals surface area (Å²) in [4.78, 5) is 0. The Bertz CT molecular complexity index is 822. The summed E-state index contributed by atoms with van der Waals surface area (Å²) in [6.07, 6.45) is 0. The van der Waals surface area contributed by atoms with Gasteiger partial charge in [-0.05, 0) is 80.2 Å². The fraction of sp³-hybridized carbons (Fsp3) is 0.409. The van der Waals surface area contributed by atoms with Gasteiger partial charge >= 0.3 is 8.56 Å². The third kappa shape index (κ3) is 6.83. The molecule has 0 N–H and O–H groups in total. The maximum absolute atomic E-state index is 8.94. The van der Waals surface area contributed by atoms with Gasteiger partial charge < -0.3 is 8.23 Å². The van der Waals surface area contributed by atoms with Crippen molar-refractivity contribution in [1.29, 1.82) is 5.26 Å². The summed E-state index contributed by atoms with van der Waals surface area (Å²) in [5.41, 5.74) is 4.30. The molecule has 2 aromatic rings. The highest BCUT2D eigenvalue weighted by Crippen LogP contribution is 2.26. The van der Waals surface area contributed by atoms with Crippen molar-refractivity contribution in [2.45, 2.75) is 58.3 Å². The van der Waals surface area contributed by atoms with Crippen LogP contribution < -0.4 is 0 Å². The summed E-state index contributed by atoms with van der Waals surface area (Å²) in [5, 5.41) is 8.94. The Morgan fingerprint density at radius 1 is 0.750 bits per heavy atom. The Balaban J connectivity index is 2.06. The molecule has 0 saturated heterocycles. The third-order valence-corrected chi connectivity index (χ3v) is 16.1. The second-order valence-corrected chi connectivity index (χ2v) is 21.6. The van der Waals surface area contributed by atoms with Crippen molar-refractivity contribution < 1.29 is 8.23 Å². The number of nitrogens with zero attached hydrogens (tertiary/aromatic N) is 1. The monoisotopic (exact) mass is 427 g/mol. The van der Waals surface area contributed by atoms with Crippen LogP contribution in [-0.2, 0) is 14.3 Å². The van der Waals surface area contributed by atoms with Crippen LogP contribution in [0.3, 0.4) is 0 Å². The van der Waals surface area contributed by atoms with E-state index in [0.717, 1.165) is 17.7 Å². The van der Waals surface area contributed by atoms with Crippen LogP contribution in [0.25, 0.3) is 11.1 Å². The maximum Gasteiger partial charge on any atom is 0.311 e. The lowest BCUT2D eigenvalue weighted by Gasteiger charge is -2.38. The van der Waals surface area contributed by atoms with E-state index in [1.807, 2.05) is 24.3 Å². The lowest BCUT2D eigenvalue weighted by atomic mass is 10.0. The predicted molar refractivity (Wildman–Crippen MR) is 125 cm³/mol. The van der Waals surface area contributed by atoms with E-state index in [9.17, 15) is 0 Å². The molecule has 0 aliphatic heterocycles. The Morgan fingerprint density at radius 2 is 1.21 bits per heavy atom. The number of hydrogen-bond acceptors (Lipinski definition) is 3. The largest absolute Gasteiger partial charge is 0.437 e. The zero-order valence-corrected chi connectivity index (χ0v) is 21.3. The van der Waals surface area contributed by atoms with Crippen LogP contribution in [0.1, 0.15) is 18.1 Å². The molecule has 0 aliphatic rings. The molecule has 0 radical (unpaired) electrons. The molecule has 150 valence electrons. The smallest absolute Gasteiger partial charge is 0.311 e. The Labute approximate surface area is 173 Å². The van der Waals surface area contributed by atoms with Crippen LogP contribution in [0.5, 0.6) is 0 Å². The molecule has 3 nitrogen and oxygen atoms in total.